The predicted octanol–water partition coefficient (Wildman–Crippen LogP) is 4.88. The minimum Gasteiger partial charge on any atom is -0.487 e. The van der Waals surface area contributed by atoms with Gasteiger partial charge in [-0.3, -0.25) is 10.4 Å². The lowest BCUT2D eigenvalue weighted by Crippen LogP contribution is -2.22. The Morgan fingerprint density at radius 3 is 2.57 bits per heavy atom. The molecule has 0 aliphatic carbocycles. The minimum atomic E-state index is -2.69. The van der Waals surface area contributed by atoms with E-state index in [1.165, 1.54) is 6.33 Å². The van der Waals surface area contributed by atoms with Crippen LogP contribution in [-0.2, 0) is 0 Å². The molecule has 3 N–H and O–H groups in total. The number of rotatable bonds is 7. The Bertz CT molecular complexity index is 1470. The number of aromatic nitrogens is 5. The van der Waals surface area contributed by atoms with Gasteiger partial charge in [0.05, 0.1) is 17.1 Å². The number of benzene rings is 1. The zero-order valence-electron chi connectivity index (χ0n) is 21.1. The number of nitrogens with two attached hydrogens (primary N) is 1. The molecule has 0 aliphatic rings. The summed E-state index contributed by atoms with van der Waals surface area (Å²) in [5, 5.41) is 13.8. The van der Waals surface area contributed by atoms with Crippen LogP contribution in [0.25, 0.3) is 22.2 Å². The fourth-order valence-electron chi connectivity index (χ4n) is 4.19. The van der Waals surface area contributed by atoms with Crippen molar-refractivity contribution >= 4 is 34.3 Å². The number of alkyl halides is 2. The van der Waals surface area contributed by atoms with Gasteiger partial charge in [0.2, 0.25) is 0 Å². The lowest BCUT2D eigenvalue weighted by molar-refractivity contribution is 0.0814. The summed E-state index contributed by atoms with van der Waals surface area (Å²) in [4.78, 5) is 14.4. The number of fused-ring (bicyclic) bond motifs is 1. The summed E-state index contributed by atoms with van der Waals surface area (Å²) in [6.45, 7) is 4.63. The van der Waals surface area contributed by atoms with E-state index in [0.717, 1.165) is 0 Å². The van der Waals surface area contributed by atoms with Crippen LogP contribution in [0, 0.1) is 19.3 Å². The number of amidine groups is 1. The molecular formula is C25H27ClF2N8O. The van der Waals surface area contributed by atoms with Crippen LogP contribution in [0.5, 0.6) is 5.75 Å². The topological polar surface area (TPSA) is 119 Å². The van der Waals surface area contributed by atoms with Gasteiger partial charge in [-0.1, -0.05) is 17.7 Å². The van der Waals surface area contributed by atoms with Crippen LogP contribution in [0.15, 0.2) is 30.7 Å². The van der Waals surface area contributed by atoms with E-state index in [2.05, 4.69) is 20.1 Å². The number of aryl methyl sites for hydroxylation is 1. The van der Waals surface area contributed by atoms with Crippen LogP contribution in [-0.4, -0.2) is 62.6 Å². The van der Waals surface area contributed by atoms with Gasteiger partial charge < -0.3 is 15.4 Å². The number of nitrogens with zero attached hydrogens (tertiary/aromatic N) is 6. The molecule has 0 amide bonds. The molecule has 0 fully saturated rings. The molecule has 9 nitrogen and oxygen atoms in total. The Kier molecular flexibility index (Phi) is 7.26. The number of anilines is 1. The summed E-state index contributed by atoms with van der Waals surface area (Å²) in [7, 11) is 3.50. The molecule has 1 unspecified atom stereocenters. The summed E-state index contributed by atoms with van der Waals surface area (Å²) in [5.74, 6) is 0.780. The summed E-state index contributed by atoms with van der Waals surface area (Å²) in [5.41, 5.74) is 9.99. The zero-order chi connectivity index (χ0) is 27.0. The molecule has 3 aromatic heterocycles. The predicted molar refractivity (Wildman–Crippen MR) is 140 cm³/mol. The number of nitrogen functional groups attached to an aromatic ring is 1. The fourth-order valence-corrected chi connectivity index (χ4v) is 4.40. The maximum absolute atomic E-state index is 13.3. The number of hydrogen-bond donors (Lipinski definition) is 2. The van der Waals surface area contributed by atoms with E-state index in [4.69, 9.17) is 27.5 Å². The van der Waals surface area contributed by atoms with Gasteiger partial charge in [0.25, 0.3) is 6.43 Å². The van der Waals surface area contributed by atoms with Crippen molar-refractivity contribution in [2.24, 2.45) is 0 Å². The lowest BCUT2D eigenvalue weighted by Gasteiger charge is -2.23. The Morgan fingerprint density at radius 2 is 1.95 bits per heavy atom. The number of pyridine rings is 1. The Hall–Kier alpha value is -3.86. The third-order valence-corrected chi connectivity index (χ3v) is 6.50. The first-order valence-corrected chi connectivity index (χ1v) is 11.8. The Balaban J connectivity index is 1.92. The van der Waals surface area contributed by atoms with Gasteiger partial charge in [0.1, 0.15) is 36.0 Å². The van der Waals surface area contributed by atoms with Gasteiger partial charge in [-0.25, -0.2) is 23.4 Å². The van der Waals surface area contributed by atoms with Gasteiger partial charge in [-0.05, 0) is 38.5 Å². The Labute approximate surface area is 217 Å². The largest absolute Gasteiger partial charge is 0.487 e. The third kappa shape index (κ3) is 4.91. The van der Waals surface area contributed by atoms with E-state index < -0.39 is 19.1 Å². The molecule has 0 spiro atoms. The van der Waals surface area contributed by atoms with Gasteiger partial charge in [0, 0.05) is 42.0 Å². The molecule has 4 aromatic rings. The van der Waals surface area contributed by atoms with E-state index in [9.17, 15) is 8.78 Å². The highest BCUT2D eigenvalue weighted by atomic mass is 35.5. The van der Waals surface area contributed by atoms with Crippen molar-refractivity contribution in [1.29, 1.82) is 5.41 Å². The number of nitrogens with one attached hydrogen (secondary N) is 1. The van der Waals surface area contributed by atoms with E-state index in [1.54, 1.807) is 61.9 Å². The molecule has 4 rings (SSSR count). The first-order chi connectivity index (χ1) is 17.5. The summed E-state index contributed by atoms with van der Waals surface area (Å²) in [6, 6.07) is 4.65. The quantitative estimate of drug-likeness (QED) is 0.259. The van der Waals surface area contributed by atoms with Crippen molar-refractivity contribution in [2.45, 2.75) is 33.2 Å². The summed E-state index contributed by atoms with van der Waals surface area (Å²) >= 11 is 6.67. The second kappa shape index (κ2) is 10.3. The number of halogens is 3. The molecule has 37 heavy (non-hydrogen) atoms. The standard InChI is InChI=1S/C25H27ClF2N8O/c1-12-17(26)8-16(14(3)36-25-21(13(2)34-36)23(29)32-11-33-25)22(37-10-19(27)28)20(12)15-6-7-18(31-9-15)24(30)35(4)5/h6-9,11,14,19,30H,10H2,1-5H3,(H2,29,32,33). The molecule has 1 atom stereocenters. The van der Waals surface area contributed by atoms with Crippen LogP contribution in [0.4, 0.5) is 14.6 Å². The second-order valence-corrected chi connectivity index (χ2v) is 9.22. The normalized spacial score (nSPS) is 12.2. The van der Waals surface area contributed by atoms with Gasteiger partial charge >= 0.3 is 0 Å². The average Bonchev–Trinajstić information content (AvgIpc) is 3.21. The van der Waals surface area contributed by atoms with E-state index in [1.807, 2.05) is 6.92 Å². The molecule has 0 saturated heterocycles. The van der Waals surface area contributed by atoms with Crippen molar-refractivity contribution in [2.75, 3.05) is 26.4 Å². The lowest BCUT2D eigenvalue weighted by atomic mass is 9.94. The van der Waals surface area contributed by atoms with Crippen LogP contribution < -0.4 is 10.5 Å². The molecule has 12 heteroatoms. The van der Waals surface area contributed by atoms with E-state index >= 15 is 0 Å². The van der Waals surface area contributed by atoms with Gasteiger partial charge in [-0.2, -0.15) is 5.10 Å². The Morgan fingerprint density at radius 1 is 1.22 bits per heavy atom. The number of hydrogen-bond acceptors (Lipinski definition) is 7. The maximum Gasteiger partial charge on any atom is 0.272 e. The van der Waals surface area contributed by atoms with E-state index in [0.29, 0.717) is 55.5 Å². The SMILES string of the molecule is Cc1c(Cl)cc(C(C)n2nc(C)c3c(N)ncnc32)c(OCC(F)F)c1-c1ccc(C(=N)N(C)C)nc1. The monoisotopic (exact) mass is 528 g/mol. The molecule has 0 bridgehead atoms. The third-order valence-electron chi connectivity index (χ3n) is 6.11. The highest BCUT2D eigenvalue weighted by Crippen LogP contribution is 2.43. The number of ether oxygens (including phenoxy) is 1. The van der Waals surface area contributed by atoms with Crippen LogP contribution in [0.1, 0.15) is 35.5 Å². The first-order valence-electron chi connectivity index (χ1n) is 11.4. The average molecular weight is 529 g/mol. The van der Waals surface area contributed by atoms with Crippen molar-refractivity contribution in [3.63, 3.8) is 0 Å². The summed E-state index contributed by atoms with van der Waals surface area (Å²) < 4.78 is 34.0. The smallest absolute Gasteiger partial charge is 0.272 e. The highest BCUT2D eigenvalue weighted by molar-refractivity contribution is 6.32. The molecule has 3 heterocycles. The van der Waals surface area contributed by atoms with Crippen LogP contribution in [0.2, 0.25) is 5.02 Å². The van der Waals surface area contributed by atoms with E-state index in [-0.39, 0.29) is 11.6 Å². The molecule has 1 aromatic carbocycles. The van der Waals surface area contributed by atoms with Crippen LogP contribution >= 0.6 is 11.6 Å². The fraction of sp³-hybridized carbons (Fsp3) is 0.320. The van der Waals surface area contributed by atoms with Crippen molar-refractivity contribution in [3.8, 4) is 16.9 Å². The van der Waals surface area contributed by atoms with Crippen LogP contribution in [0.3, 0.4) is 0 Å². The highest BCUT2D eigenvalue weighted by Gasteiger charge is 2.26. The summed E-state index contributed by atoms with van der Waals surface area (Å²) in [6.07, 6.45) is 0.243. The van der Waals surface area contributed by atoms with Crippen molar-refractivity contribution in [3.05, 3.63) is 58.3 Å². The first kappa shape index (κ1) is 26.2. The molecule has 194 valence electrons. The molecule has 0 aliphatic heterocycles. The second-order valence-electron chi connectivity index (χ2n) is 8.82. The molecule has 0 radical (unpaired) electrons. The van der Waals surface area contributed by atoms with Crippen molar-refractivity contribution in [1.82, 2.24) is 29.6 Å². The van der Waals surface area contributed by atoms with Crippen molar-refractivity contribution < 1.29 is 13.5 Å². The van der Waals surface area contributed by atoms with Gasteiger partial charge in [-0.15, -0.1) is 0 Å². The molecule has 0 saturated carbocycles. The van der Waals surface area contributed by atoms with Gasteiger partial charge in [0.15, 0.2) is 5.65 Å². The minimum absolute atomic E-state index is 0.236. The maximum atomic E-state index is 13.3. The molecular weight excluding hydrogens is 502 g/mol. The zero-order valence-corrected chi connectivity index (χ0v) is 21.8.